The van der Waals surface area contributed by atoms with Gasteiger partial charge in [-0.3, -0.25) is 0 Å². The number of tetrazole rings is 1. The molecule has 0 radical (unpaired) electrons. The molecule has 9 heteroatoms. The number of amides is 2. The van der Waals surface area contributed by atoms with Crippen LogP contribution >= 0.6 is 11.6 Å². The molecular formula is C16H19ClN6O2. The second-order valence-electron chi connectivity index (χ2n) is 6.50. The van der Waals surface area contributed by atoms with E-state index < -0.39 is 5.54 Å². The predicted octanol–water partition coefficient (Wildman–Crippen LogP) is 2.74. The van der Waals surface area contributed by atoms with E-state index >= 15 is 0 Å². The summed E-state index contributed by atoms with van der Waals surface area (Å²) >= 11 is 6.37. The molecule has 1 aliphatic carbocycles. The summed E-state index contributed by atoms with van der Waals surface area (Å²) in [5.41, 5.74) is 1.12. The fraction of sp³-hybridized carbons (Fsp3) is 0.500. The molecule has 2 N–H and O–H groups in total. The molecule has 1 spiro atoms. The van der Waals surface area contributed by atoms with Crippen LogP contribution in [0.2, 0.25) is 5.02 Å². The highest BCUT2D eigenvalue weighted by molar-refractivity contribution is 6.34. The number of hydrogen-bond donors (Lipinski definition) is 2. The van der Waals surface area contributed by atoms with Gasteiger partial charge in [-0.2, -0.15) is 4.80 Å². The average Bonchev–Trinajstić information content (AvgIpc) is 3.01. The van der Waals surface area contributed by atoms with Crippen LogP contribution < -0.4 is 15.4 Å². The van der Waals surface area contributed by atoms with E-state index in [0.717, 1.165) is 31.2 Å². The maximum Gasteiger partial charge on any atom is 0.319 e. The number of carbonyl (C=O) groups is 1. The summed E-state index contributed by atoms with van der Waals surface area (Å²) in [5, 5.41) is 18.3. The Morgan fingerprint density at radius 2 is 2.12 bits per heavy atom. The zero-order valence-corrected chi connectivity index (χ0v) is 14.6. The fourth-order valence-corrected chi connectivity index (χ4v) is 3.96. The molecule has 132 valence electrons. The summed E-state index contributed by atoms with van der Waals surface area (Å²) in [6, 6.07) is 3.36. The molecule has 0 saturated heterocycles. The van der Waals surface area contributed by atoms with Crippen LogP contribution in [-0.2, 0) is 19.2 Å². The number of benzene rings is 1. The van der Waals surface area contributed by atoms with Crippen molar-refractivity contribution in [2.24, 2.45) is 7.05 Å². The summed E-state index contributed by atoms with van der Waals surface area (Å²) in [4.78, 5) is 13.6. The number of aryl methyl sites for hydroxylation is 1. The standard InChI is InChI=1S/C16H19ClN6O2/c1-23-21-12(20-22-23)9-25-11-6-5-10(17)14-13(11)16(19-15(24)18-14)7-3-2-4-8-16/h5-6H,2-4,7-9H2,1H3,(H2,18,19,24)/i1-1. The number of carbonyl (C=O) groups excluding carboxylic acids is 1. The van der Waals surface area contributed by atoms with Gasteiger partial charge in [-0.05, 0) is 30.2 Å². The monoisotopic (exact) mass is 361 g/mol. The zero-order chi connectivity index (χ0) is 17.4. The number of urea groups is 1. The topological polar surface area (TPSA) is 94.0 Å². The molecule has 4 rings (SSSR count). The van der Waals surface area contributed by atoms with Crippen molar-refractivity contribution >= 4 is 23.3 Å². The van der Waals surface area contributed by atoms with Crippen LogP contribution in [0.3, 0.4) is 0 Å². The van der Waals surface area contributed by atoms with Crippen LogP contribution in [0.15, 0.2) is 12.1 Å². The van der Waals surface area contributed by atoms with Crippen LogP contribution in [0.1, 0.15) is 43.5 Å². The summed E-state index contributed by atoms with van der Waals surface area (Å²) in [6.07, 6.45) is 5.01. The Morgan fingerprint density at radius 3 is 2.84 bits per heavy atom. The molecule has 0 unspecified atom stereocenters. The van der Waals surface area contributed by atoms with Gasteiger partial charge in [0.15, 0.2) is 6.61 Å². The zero-order valence-electron chi connectivity index (χ0n) is 13.9. The number of nitrogens with zero attached hydrogens (tertiary/aromatic N) is 4. The van der Waals surface area contributed by atoms with Crippen molar-refractivity contribution in [1.82, 2.24) is 25.5 Å². The molecule has 1 aromatic carbocycles. The summed E-state index contributed by atoms with van der Waals surface area (Å²) in [7, 11) is 1.71. The molecule has 2 aromatic rings. The van der Waals surface area contributed by atoms with Crippen molar-refractivity contribution in [3.8, 4) is 5.75 Å². The normalized spacial score (nSPS) is 18.4. The SMILES string of the molecule is [11CH3]n1nnc(COc2ccc(Cl)c3c2C2(CCCCC2)NC(=O)N3)n1. The lowest BCUT2D eigenvalue weighted by molar-refractivity contribution is 0.201. The fourth-order valence-electron chi connectivity index (χ4n) is 3.75. The number of fused-ring (bicyclic) bond motifs is 2. The summed E-state index contributed by atoms with van der Waals surface area (Å²) < 4.78 is 5.99. The van der Waals surface area contributed by atoms with Gasteiger partial charge in [0.1, 0.15) is 5.75 Å². The summed E-state index contributed by atoms with van der Waals surface area (Å²) in [5.74, 6) is 1.18. The van der Waals surface area contributed by atoms with E-state index in [1.54, 1.807) is 13.1 Å². The predicted molar refractivity (Wildman–Crippen MR) is 91.5 cm³/mol. The van der Waals surface area contributed by atoms with E-state index in [4.69, 9.17) is 16.3 Å². The number of rotatable bonds is 3. The van der Waals surface area contributed by atoms with Gasteiger partial charge in [0.05, 0.1) is 23.3 Å². The number of aromatic nitrogens is 4. The Morgan fingerprint density at radius 1 is 1.32 bits per heavy atom. The third-order valence-corrected chi connectivity index (χ3v) is 5.11. The largest absolute Gasteiger partial charge is 0.485 e. The lowest BCUT2D eigenvalue weighted by Crippen LogP contribution is -2.52. The van der Waals surface area contributed by atoms with Gasteiger partial charge in [0.2, 0.25) is 5.82 Å². The Balaban J connectivity index is 1.73. The highest BCUT2D eigenvalue weighted by Gasteiger charge is 2.43. The van der Waals surface area contributed by atoms with Crippen LogP contribution in [0, 0.1) is 0 Å². The first kappa shape index (κ1) is 16.1. The number of halogens is 1. The van der Waals surface area contributed by atoms with Crippen molar-refractivity contribution < 1.29 is 9.53 Å². The van der Waals surface area contributed by atoms with Gasteiger partial charge < -0.3 is 15.4 Å². The van der Waals surface area contributed by atoms with Gasteiger partial charge in [-0.25, -0.2) is 4.79 Å². The first-order valence-corrected chi connectivity index (χ1v) is 8.73. The van der Waals surface area contributed by atoms with Gasteiger partial charge in [0.25, 0.3) is 0 Å². The smallest absolute Gasteiger partial charge is 0.319 e. The first-order chi connectivity index (χ1) is 12.1. The van der Waals surface area contributed by atoms with Crippen molar-refractivity contribution in [3.63, 3.8) is 0 Å². The average molecular weight is 362 g/mol. The number of nitrogens with one attached hydrogen (secondary N) is 2. The second-order valence-corrected chi connectivity index (χ2v) is 6.91. The highest BCUT2D eigenvalue weighted by Crippen LogP contribution is 2.49. The lowest BCUT2D eigenvalue weighted by Gasteiger charge is -2.43. The molecule has 0 atom stereocenters. The molecule has 1 saturated carbocycles. The highest BCUT2D eigenvalue weighted by atomic mass is 35.5. The Bertz CT molecular complexity index is 815. The van der Waals surface area contributed by atoms with Crippen LogP contribution in [-0.4, -0.2) is 26.2 Å². The van der Waals surface area contributed by atoms with Crippen molar-refractivity contribution in [2.75, 3.05) is 5.32 Å². The van der Waals surface area contributed by atoms with Crippen molar-refractivity contribution in [1.29, 1.82) is 0 Å². The number of hydrogen-bond acceptors (Lipinski definition) is 5. The van der Waals surface area contributed by atoms with E-state index in [1.807, 2.05) is 6.07 Å². The van der Waals surface area contributed by atoms with Gasteiger partial charge >= 0.3 is 6.03 Å². The van der Waals surface area contributed by atoms with Crippen LogP contribution in [0.5, 0.6) is 5.75 Å². The van der Waals surface area contributed by atoms with E-state index in [9.17, 15) is 4.79 Å². The minimum atomic E-state index is -0.439. The Labute approximate surface area is 149 Å². The third-order valence-electron chi connectivity index (χ3n) is 4.80. The van der Waals surface area contributed by atoms with Crippen molar-refractivity contribution in [3.05, 3.63) is 28.5 Å². The van der Waals surface area contributed by atoms with Gasteiger partial charge in [-0.15, -0.1) is 10.2 Å². The molecule has 1 fully saturated rings. The van der Waals surface area contributed by atoms with Crippen LogP contribution in [0.25, 0.3) is 0 Å². The minimum Gasteiger partial charge on any atom is -0.485 e. The molecule has 1 aromatic heterocycles. The molecule has 25 heavy (non-hydrogen) atoms. The van der Waals surface area contributed by atoms with Crippen LogP contribution in [0.4, 0.5) is 10.5 Å². The molecular weight excluding hydrogens is 343 g/mol. The number of ether oxygens (including phenoxy) is 1. The molecule has 2 heterocycles. The third kappa shape index (κ3) is 2.90. The quantitative estimate of drug-likeness (QED) is 0.876. The van der Waals surface area contributed by atoms with E-state index in [2.05, 4.69) is 26.0 Å². The van der Waals surface area contributed by atoms with E-state index in [1.165, 1.54) is 11.2 Å². The first-order valence-electron chi connectivity index (χ1n) is 8.35. The molecule has 1 aliphatic heterocycles. The summed E-state index contributed by atoms with van der Waals surface area (Å²) in [6.45, 7) is 0.200. The molecule has 8 nitrogen and oxygen atoms in total. The lowest BCUT2D eigenvalue weighted by atomic mass is 9.74. The molecule has 0 bridgehead atoms. The molecule has 2 amide bonds. The van der Waals surface area contributed by atoms with Gasteiger partial charge in [-0.1, -0.05) is 30.9 Å². The minimum absolute atomic E-state index is 0.200. The Kier molecular flexibility index (Phi) is 3.99. The van der Waals surface area contributed by atoms with Crippen molar-refractivity contribution in [2.45, 2.75) is 44.2 Å². The number of anilines is 1. The Hall–Kier alpha value is -2.35. The van der Waals surface area contributed by atoms with Gasteiger partial charge in [0, 0.05) is 5.56 Å². The maximum absolute atomic E-state index is 12.2. The van der Waals surface area contributed by atoms with E-state index in [0.29, 0.717) is 22.3 Å². The molecule has 2 aliphatic rings. The second kappa shape index (κ2) is 6.18. The maximum atomic E-state index is 12.2. The van der Waals surface area contributed by atoms with E-state index in [-0.39, 0.29) is 12.6 Å².